The van der Waals surface area contributed by atoms with Crippen LogP contribution in [0.1, 0.15) is 25.8 Å². The summed E-state index contributed by atoms with van der Waals surface area (Å²) in [7, 11) is 0. The number of aromatic nitrogens is 5. The minimum atomic E-state index is -0.180. The van der Waals surface area contributed by atoms with Crippen LogP contribution in [0.5, 0.6) is 11.6 Å². The number of carbonyl (C=O) groups is 1. The number of hydrogen-bond donors (Lipinski definition) is 2. The number of aliphatic hydroxyl groups excluding tert-OH is 1. The quantitative estimate of drug-likeness (QED) is 0.365. The summed E-state index contributed by atoms with van der Waals surface area (Å²) in [6.45, 7) is 2.31. The number of amides is 1. The molecule has 1 fully saturated rings. The van der Waals surface area contributed by atoms with Gasteiger partial charge in [-0.15, -0.1) is 0 Å². The largest absolute Gasteiger partial charge is 0.439 e. The van der Waals surface area contributed by atoms with Crippen LogP contribution in [0.25, 0.3) is 22.3 Å². The van der Waals surface area contributed by atoms with Gasteiger partial charge in [0.2, 0.25) is 11.8 Å². The zero-order valence-corrected chi connectivity index (χ0v) is 20.9. The first-order chi connectivity index (χ1) is 17.9. The second-order valence-electron chi connectivity index (χ2n) is 8.85. The van der Waals surface area contributed by atoms with E-state index in [9.17, 15) is 4.79 Å². The Kier molecular flexibility index (Phi) is 7.02. The Balaban J connectivity index is 1.46. The molecule has 5 rings (SSSR count). The summed E-state index contributed by atoms with van der Waals surface area (Å²) in [5.41, 5.74) is 8.38. The molecule has 3 N–H and O–H groups in total. The van der Waals surface area contributed by atoms with Crippen LogP contribution in [-0.2, 0) is 4.79 Å². The van der Waals surface area contributed by atoms with Crippen LogP contribution in [0.2, 0.25) is 5.02 Å². The topological polar surface area (TPSA) is 132 Å². The number of halogens is 1. The number of fused-ring (bicyclic) bond motifs is 1. The average molecular weight is 520 g/mol. The number of nitrogen functional groups attached to an aromatic ring is 1. The highest BCUT2D eigenvalue weighted by atomic mass is 35.5. The monoisotopic (exact) mass is 519 g/mol. The van der Waals surface area contributed by atoms with Gasteiger partial charge in [-0.1, -0.05) is 17.7 Å². The number of piperidine rings is 1. The third kappa shape index (κ3) is 5.11. The van der Waals surface area contributed by atoms with Crippen LogP contribution < -0.4 is 10.5 Å². The van der Waals surface area contributed by atoms with E-state index in [0.29, 0.717) is 45.7 Å². The number of likely N-dealkylation sites (tertiary alicyclic amines) is 1. The predicted molar refractivity (Wildman–Crippen MR) is 140 cm³/mol. The maximum absolute atomic E-state index is 12.7. The van der Waals surface area contributed by atoms with Crippen LogP contribution in [-0.4, -0.2) is 59.8 Å². The number of rotatable bonds is 6. The first-order valence-electron chi connectivity index (χ1n) is 11.9. The molecule has 4 heterocycles. The first kappa shape index (κ1) is 24.7. The molecule has 0 radical (unpaired) electrons. The van der Waals surface area contributed by atoms with Gasteiger partial charge in [0.1, 0.15) is 23.6 Å². The number of ether oxygens (including phenoxy) is 1. The molecule has 1 aromatic carbocycles. The highest BCUT2D eigenvalue weighted by Crippen LogP contribution is 2.35. The first-order valence-corrected chi connectivity index (χ1v) is 12.3. The lowest BCUT2D eigenvalue weighted by Crippen LogP contribution is -2.45. The Bertz CT molecular complexity index is 1440. The fraction of sp³-hybridized carbons (Fsp3) is 0.269. The fourth-order valence-electron chi connectivity index (χ4n) is 4.52. The minimum absolute atomic E-state index is 0.0794. The van der Waals surface area contributed by atoms with Gasteiger partial charge in [0, 0.05) is 36.5 Å². The van der Waals surface area contributed by atoms with Crippen LogP contribution in [0.4, 0.5) is 5.82 Å². The summed E-state index contributed by atoms with van der Waals surface area (Å²) in [6, 6.07) is 10.8. The molecule has 1 aliphatic heterocycles. The number of pyridine rings is 1. The van der Waals surface area contributed by atoms with Crippen molar-refractivity contribution in [2.24, 2.45) is 0 Å². The van der Waals surface area contributed by atoms with Gasteiger partial charge in [-0.2, -0.15) is 5.10 Å². The third-order valence-corrected chi connectivity index (χ3v) is 6.64. The van der Waals surface area contributed by atoms with Gasteiger partial charge in [0.25, 0.3) is 0 Å². The maximum atomic E-state index is 12.7. The van der Waals surface area contributed by atoms with E-state index in [0.717, 1.165) is 18.4 Å². The van der Waals surface area contributed by atoms with Crippen molar-refractivity contribution in [2.45, 2.75) is 31.8 Å². The van der Waals surface area contributed by atoms with Crippen molar-refractivity contribution < 1.29 is 14.6 Å². The summed E-state index contributed by atoms with van der Waals surface area (Å²) < 4.78 is 7.66. The van der Waals surface area contributed by atoms with Crippen molar-refractivity contribution in [3.8, 4) is 22.9 Å². The van der Waals surface area contributed by atoms with Crippen LogP contribution >= 0.6 is 11.6 Å². The molecule has 4 aromatic rings. The summed E-state index contributed by atoms with van der Waals surface area (Å²) in [6.07, 6.45) is 7.45. The molecule has 0 saturated carbocycles. The normalized spacial score (nSPS) is 18.0. The lowest BCUT2D eigenvalue weighted by Gasteiger charge is -2.37. The number of hydrogen-bond acceptors (Lipinski definition) is 8. The Morgan fingerprint density at radius 3 is 2.73 bits per heavy atom. The molecule has 0 bridgehead atoms. The number of nitrogens with two attached hydrogens (primary N) is 1. The molecule has 3 aromatic heterocycles. The molecule has 1 aliphatic rings. The number of benzene rings is 1. The van der Waals surface area contributed by atoms with Crippen molar-refractivity contribution in [1.82, 2.24) is 29.6 Å². The molecular weight excluding hydrogens is 494 g/mol. The van der Waals surface area contributed by atoms with Crippen molar-refractivity contribution in [1.29, 1.82) is 0 Å². The molecule has 190 valence electrons. The van der Waals surface area contributed by atoms with Gasteiger partial charge in [0.15, 0.2) is 5.65 Å². The summed E-state index contributed by atoms with van der Waals surface area (Å²) in [5.74, 6) is 1.24. The SMILES string of the molecule is C[C@H]1CC[C@@H](n2nc(-c3ccc(Oc4ccc(Cl)cn4)cc3)c3c(N)ncnc32)CN1C(=O)/C=C/CO. The van der Waals surface area contributed by atoms with E-state index in [4.69, 9.17) is 32.3 Å². The molecule has 1 amide bonds. The number of aliphatic hydroxyl groups is 1. The summed E-state index contributed by atoms with van der Waals surface area (Å²) in [5, 5.41) is 15.2. The lowest BCUT2D eigenvalue weighted by atomic mass is 9.99. The van der Waals surface area contributed by atoms with Crippen molar-refractivity contribution in [3.63, 3.8) is 0 Å². The zero-order chi connectivity index (χ0) is 25.9. The smallest absolute Gasteiger partial charge is 0.246 e. The van der Waals surface area contributed by atoms with E-state index in [-0.39, 0.29) is 24.6 Å². The van der Waals surface area contributed by atoms with E-state index < -0.39 is 0 Å². The molecule has 10 nitrogen and oxygen atoms in total. The molecule has 0 spiro atoms. The Labute approximate surface area is 218 Å². The van der Waals surface area contributed by atoms with Crippen molar-refractivity contribution >= 4 is 34.4 Å². The highest BCUT2D eigenvalue weighted by molar-refractivity contribution is 6.30. The highest BCUT2D eigenvalue weighted by Gasteiger charge is 2.31. The molecule has 1 saturated heterocycles. The molecule has 11 heteroatoms. The van der Waals surface area contributed by atoms with E-state index in [2.05, 4.69) is 15.0 Å². The minimum Gasteiger partial charge on any atom is -0.439 e. The number of carbonyl (C=O) groups excluding carboxylic acids is 1. The van der Waals surface area contributed by atoms with E-state index in [1.165, 1.54) is 24.7 Å². The second kappa shape index (κ2) is 10.5. The number of nitrogens with zero attached hydrogens (tertiary/aromatic N) is 6. The molecule has 2 atom stereocenters. The fourth-order valence-corrected chi connectivity index (χ4v) is 4.63. The Morgan fingerprint density at radius 2 is 2.00 bits per heavy atom. The molecule has 0 unspecified atom stereocenters. The summed E-state index contributed by atoms with van der Waals surface area (Å²) in [4.78, 5) is 27.3. The van der Waals surface area contributed by atoms with Crippen LogP contribution in [0, 0.1) is 0 Å². The standard InChI is InChI=1S/C26H26ClN7O3/c1-16-4-8-19(14-33(16)22(36)3-2-12-35)34-26-23(25(28)30-15-31-26)24(32-34)17-5-9-20(10-6-17)37-21-11-7-18(27)13-29-21/h2-3,5-7,9-11,13,15-16,19,35H,4,8,12,14H2,1H3,(H2,28,30,31)/b3-2+/t16-,19+/m0/s1. The Morgan fingerprint density at radius 1 is 1.19 bits per heavy atom. The van der Waals surface area contributed by atoms with E-state index in [1.807, 2.05) is 35.9 Å². The van der Waals surface area contributed by atoms with Gasteiger partial charge < -0.3 is 20.5 Å². The van der Waals surface area contributed by atoms with Crippen LogP contribution in [0.15, 0.2) is 61.1 Å². The molecule has 0 aliphatic carbocycles. The van der Waals surface area contributed by atoms with E-state index >= 15 is 0 Å². The third-order valence-electron chi connectivity index (χ3n) is 6.42. The van der Waals surface area contributed by atoms with E-state index in [1.54, 1.807) is 17.0 Å². The van der Waals surface area contributed by atoms with Gasteiger partial charge in [-0.25, -0.2) is 19.6 Å². The lowest BCUT2D eigenvalue weighted by molar-refractivity contribution is -0.130. The van der Waals surface area contributed by atoms with Crippen molar-refractivity contribution in [2.75, 3.05) is 18.9 Å². The number of anilines is 1. The van der Waals surface area contributed by atoms with Gasteiger partial charge in [-0.3, -0.25) is 4.79 Å². The maximum Gasteiger partial charge on any atom is 0.246 e. The summed E-state index contributed by atoms with van der Waals surface area (Å²) >= 11 is 5.89. The van der Waals surface area contributed by atoms with Gasteiger partial charge >= 0.3 is 0 Å². The molecular formula is C26H26ClN7O3. The average Bonchev–Trinajstić information content (AvgIpc) is 3.30. The zero-order valence-electron chi connectivity index (χ0n) is 20.2. The van der Waals surface area contributed by atoms with Crippen molar-refractivity contribution in [3.05, 3.63) is 66.1 Å². The second-order valence-corrected chi connectivity index (χ2v) is 9.28. The van der Waals surface area contributed by atoms with Crippen LogP contribution in [0.3, 0.4) is 0 Å². The molecule has 37 heavy (non-hydrogen) atoms. The van der Waals surface area contributed by atoms with Gasteiger partial charge in [-0.05, 0) is 50.1 Å². The van der Waals surface area contributed by atoms with Gasteiger partial charge in [0.05, 0.1) is 23.1 Å². The Hall–Kier alpha value is -4.02. The predicted octanol–water partition coefficient (Wildman–Crippen LogP) is 4.02.